The van der Waals surface area contributed by atoms with Gasteiger partial charge in [-0.15, -0.1) is 0 Å². The van der Waals surface area contributed by atoms with Crippen LogP contribution in [0.2, 0.25) is 5.02 Å². The monoisotopic (exact) mass is 447 g/mol. The highest BCUT2D eigenvalue weighted by Gasteiger charge is 2.46. The predicted octanol–water partition coefficient (Wildman–Crippen LogP) is 2.97. The van der Waals surface area contributed by atoms with E-state index in [9.17, 15) is 14.0 Å². The van der Waals surface area contributed by atoms with Gasteiger partial charge >= 0.3 is 0 Å². The van der Waals surface area contributed by atoms with E-state index >= 15 is 0 Å². The zero-order valence-electron chi connectivity index (χ0n) is 16.9. The number of methoxy groups -OCH3 is 1. The molecule has 2 atom stereocenters. The normalized spacial score (nSPS) is 24.0. The van der Waals surface area contributed by atoms with Gasteiger partial charge in [0.15, 0.2) is 6.61 Å². The number of rotatable bonds is 7. The minimum absolute atomic E-state index is 0.00273. The quantitative estimate of drug-likeness (QED) is 0.681. The van der Waals surface area contributed by atoms with E-state index in [-0.39, 0.29) is 41.3 Å². The van der Waals surface area contributed by atoms with Crippen LogP contribution in [0.1, 0.15) is 29.6 Å². The Labute approximate surface area is 184 Å². The minimum Gasteiger partial charge on any atom is -0.484 e. The Balaban J connectivity index is 1.29. The fourth-order valence-corrected chi connectivity index (χ4v) is 4.35. The average molecular weight is 448 g/mol. The molecule has 0 spiro atoms. The Morgan fingerprint density at radius 3 is 2.52 bits per heavy atom. The molecular formula is C22H23ClFN3O4. The Bertz CT molecular complexity index is 966. The van der Waals surface area contributed by atoms with Crippen LogP contribution in [0.5, 0.6) is 11.6 Å². The number of carbonyl (C=O) groups is 2. The number of aromatic nitrogens is 1. The Morgan fingerprint density at radius 1 is 1.13 bits per heavy atom. The third-order valence-electron chi connectivity index (χ3n) is 5.99. The summed E-state index contributed by atoms with van der Waals surface area (Å²) in [6, 6.07) is 7.29. The number of amides is 2. The average Bonchev–Trinajstić information content (AvgIpc) is 2.73. The van der Waals surface area contributed by atoms with Crippen molar-refractivity contribution in [3.63, 3.8) is 0 Å². The summed E-state index contributed by atoms with van der Waals surface area (Å²) in [6.07, 6.45) is 4.06. The lowest BCUT2D eigenvalue weighted by Gasteiger charge is -2.51. The SMILES string of the molecule is COc1ccc(C(=O)NC2CC(NC(=O)COc3ccc(Cl)c(F)c3)C3CC2C3)cn1. The highest BCUT2D eigenvalue weighted by Crippen LogP contribution is 2.45. The summed E-state index contributed by atoms with van der Waals surface area (Å²) in [7, 11) is 1.52. The van der Waals surface area contributed by atoms with E-state index in [0.717, 1.165) is 18.9 Å². The first-order chi connectivity index (χ1) is 14.9. The summed E-state index contributed by atoms with van der Waals surface area (Å²) < 4.78 is 23.9. The molecule has 0 radical (unpaired) electrons. The number of benzene rings is 1. The smallest absolute Gasteiger partial charge is 0.258 e. The molecule has 3 aliphatic rings. The van der Waals surface area contributed by atoms with E-state index < -0.39 is 5.82 Å². The topological polar surface area (TPSA) is 89.6 Å². The summed E-state index contributed by atoms with van der Waals surface area (Å²) in [5.74, 6) is 0.432. The lowest BCUT2D eigenvalue weighted by atomic mass is 9.60. The molecule has 5 rings (SSSR count). The molecule has 3 fully saturated rings. The van der Waals surface area contributed by atoms with Gasteiger partial charge in [-0.3, -0.25) is 9.59 Å². The van der Waals surface area contributed by atoms with Crippen LogP contribution in [0.3, 0.4) is 0 Å². The molecule has 2 unspecified atom stereocenters. The number of fused-ring (bicyclic) bond motifs is 2. The van der Waals surface area contributed by atoms with Crippen LogP contribution in [0, 0.1) is 17.7 Å². The molecule has 7 nitrogen and oxygen atoms in total. The van der Waals surface area contributed by atoms with Gasteiger partial charge in [0, 0.05) is 30.4 Å². The van der Waals surface area contributed by atoms with Crippen LogP contribution in [-0.4, -0.2) is 42.6 Å². The number of hydrogen-bond donors (Lipinski definition) is 2. The van der Waals surface area contributed by atoms with Crippen molar-refractivity contribution in [1.82, 2.24) is 15.6 Å². The molecule has 2 aromatic rings. The van der Waals surface area contributed by atoms with Gasteiger partial charge < -0.3 is 20.1 Å². The molecule has 9 heteroatoms. The Kier molecular flexibility index (Phi) is 6.27. The van der Waals surface area contributed by atoms with Gasteiger partial charge in [0.2, 0.25) is 5.88 Å². The molecule has 1 heterocycles. The van der Waals surface area contributed by atoms with Crippen molar-refractivity contribution in [1.29, 1.82) is 0 Å². The van der Waals surface area contributed by atoms with Crippen molar-refractivity contribution in [2.45, 2.75) is 31.3 Å². The van der Waals surface area contributed by atoms with Crippen molar-refractivity contribution in [2.75, 3.05) is 13.7 Å². The number of nitrogens with zero attached hydrogens (tertiary/aromatic N) is 1. The molecule has 2 N–H and O–H groups in total. The Morgan fingerprint density at radius 2 is 1.87 bits per heavy atom. The third kappa shape index (κ3) is 4.90. The summed E-state index contributed by atoms with van der Waals surface area (Å²) in [4.78, 5) is 29.0. The van der Waals surface area contributed by atoms with Crippen LogP contribution in [0.4, 0.5) is 4.39 Å². The second kappa shape index (κ2) is 9.09. The van der Waals surface area contributed by atoms with Crippen LogP contribution in [0.15, 0.2) is 36.5 Å². The van der Waals surface area contributed by atoms with Gasteiger partial charge in [0.1, 0.15) is 11.6 Å². The van der Waals surface area contributed by atoms with E-state index in [1.54, 1.807) is 12.1 Å². The fourth-order valence-electron chi connectivity index (χ4n) is 4.23. The molecule has 0 aliphatic heterocycles. The molecule has 2 amide bonds. The summed E-state index contributed by atoms with van der Waals surface area (Å²) in [6.45, 7) is -0.220. The summed E-state index contributed by atoms with van der Waals surface area (Å²) in [5, 5.41) is 6.07. The van der Waals surface area contributed by atoms with Gasteiger partial charge in [-0.05, 0) is 49.3 Å². The number of pyridine rings is 1. The highest BCUT2D eigenvalue weighted by molar-refractivity contribution is 6.30. The molecule has 3 aliphatic carbocycles. The maximum Gasteiger partial charge on any atom is 0.258 e. The van der Waals surface area contributed by atoms with Crippen molar-refractivity contribution >= 4 is 23.4 Å². The number of ether oxygens (including phenoxy) is 2. The maximum absolute atomic E-state index is 13.5. The molecule has 31 heavy (non-hydrogen) atoms. The van der Waals surface area contributed by atoms with E-state index in [2.05, 4.69) is 15.6 Å². The van der Waals surface area contributed by atoms with Crippen molar-refractivity contribution < 1.29 is 23.5 Å². The molecule has 164 valence electrons. The zero-order chi connectivity index (χ0) is 22.0. The van der Waals surface area contributed by atoms with Crippen LogP contribution >= 0.6 is 11.6 Å². The number of halogens is 2. The van der Waals surface area contributed by atoms with Gasteiger partial charge in [-0.25, -0.2) is 9.37 Å². The number of hydrogen-bond acceptors (Lipinski definition) is 5. The first-order valence-electron chi connectivity index (χ1n) is 10.1. The Hall–Kier alpha value is -2.87. The van der Waals surface area contributed by atoms with Gasteiger partial charge in [-0.1, -0.05) is 11.6 Å². The lowest BCUT2D eigenvalue weighted by Crippen LogP contribution is -2.60. The van der Waals surface area contributed by atoms with Crippen molar-refractivity contribution in [3.05, 3.63) is 52.9 Å². The summed E-state index contributed by atoms with van der Waals surface area (Å²) >= 11 is 5.65. The predicted molar refractivity (Wildman–Crippen MR) is 112 cm³/mol. The second-order valence-electron chi connectivity index (χ2n) is 7.94. The standard InChI is InChI=1S/C22H23ClFN3O4/c1-30-21-5-2-12(10-25-21)22(29)27-19-9-18(13-6-14(19)7-13)26-20(28)11-31-15-3-4-16(23)17(24)8-15/h2-5,8,10,13-14,18-19H,6-7,9,11H2,1H3,(H,26,28)(H,27,29). The third-order valence-corrected chi connectivity index (χ3v) is 6.30. The minimum atomic E-state index is -0.599. The van der Waals surface area contributed by atoms with Crippen LogP contribution in [0.25, 0.3) is 0 Å². The molecular weight excluding hydrogens is 425 g/mol. The van der Waals surface area contributed by atoms with Crippen molar-refractivity contribution in [2.24, 2.45) is 11.8 Å². The van der Waals surface area contributed by atoms with E-state index in [4.69, 9.17) is 21.1 Å². The molecule has 3 saturated carbocycles. The molecule has 0 saturated heterocycles. The van der Waals surface area contributed by atoms with E-state index in [0.29, 0.717) is 29.7 Å². The van der Waals surface area contributed by atoms with Gasteiger partial charge in [0.05, 0.1) is 17.7 Å². The number of nitrogens with one attached hydrogen (secondary N) is 2. The van der Waals surface area contributed by atoms with Crippen LogP contribution in [-0.2, 0) is 4.79 Å². The van der Waals surface area contributed by atoms with Gasteiger partial charge in [-0.2, -0.15) is 0 Å². The zero-order valence-corrected chi connectivity index (χ0v) is 17.7. The fraction of sp³-hybridized carbons (Fsp3) is 0.409. The number of carbonyl (C=O) groups excluding carboxylic acids is 2. The first-order valence-corrected chi connectivity index (χ1v) is 10.5. The van der Waals surface area contributed by atoms with Gasteiger partial charge in [0.25, 0.3) is 11.8 Å². The largest absolute Gasteiger partial charge is 0.484 e. The highest BCUT2D eigenvalue weighted by atomic mass is 35.5. The van der Waals surface area contributed by atoms with Crippen molar-refractivity contribution in [3.8, 4) is 11.6 Å². The molecule has 1 aromatic carbocycles. The van der Waals surface area contributed by atoms with E-state index in [1.807, 2.05) is 0 Å². The molecule has 2 bridgehead atoms. The maximum atomic E-state index is 13.5. The lowest BCUT2D eigenvalue weighted by molar-refractivity contribution is -0.125. The second-order valence-corrected chi connectivity index (χ2v) is 8.34. The van der Waals surface area contributed by atoms with E-state index in [1.165, 1.54) is 25.4 Å². The first kappa shape index (κ1) is 21.4. The van der Waals surface area contributed by atoms with Crippen LogP contribution < -0.4 is 20.1 Å². The summed E-state index contributed by atoms with van der Waals surface area (Å²) in [5.41, 5.74) is 0.464. The molecule has 1 aromatic heterocycles.